The van der Waals surface area contributed by atoms with Gasteiger partial charge in [-0.05, 0) is 49.2 Å². The Morgan fingerprint density at radius 1 is 1.16 bits per heavy atom. The molecule has 0 radical (unpaired) electrons. The van der Waals surface area contributed by atoms with Crippen LogP contribution in [0.3, 0.4) is 0 Å². The molecule has 0 saturated carbocycles. The molecule has 0 bridgehead atoms. The zero-order valence-electron chi connectivity index (χ0n) is 21.1. The van der Waals surface area contributed by atoms with Crippen LogP contribution in [0.4, 0.5) is 4.79 Å². The zero-order chi connectivity index (χ0) is 27.8. The molecule has 0 aliphatic carbocycles. The molecule has 0 spiro atoms. The fourth-order valence-electron chi connectivity index (χ4n) is 3.58. The molecule has 1 aliphatic rings. The Hall–Kier alpha value is -4.45. The van der Waals surface area contributed by atoms with Crippen molar-refractivity contribution < 1.29 is 38.4 Å². The van der Waals surface area contributed by atoms with Gasteiger partial charge in [0, 0.05) is 5.70 Å². The number of nitrogens with zero attached hydrogens (tertiary/aromatic N) is 1. The Labute approximate surface area is 223 Å². The highest BCUT2D eigenvalue weighted by Crippen LogP contribution is 2.35. The van der Waals surface area contributed by atoms with Gasteiger partial charge in [0.25, 0.3) is 5.91 Å². The van der Waals surface area contributed by atoms with Gasteiger partial charge in [-0.3, -0.25) is 4.79 Å². The SMILES string of the molecule is CCOC(=O)C1=C(C)NC(=O)N[C@@H]1c1ccc(OCC(=O)N/N=C\c2cc(Cl)c(O)c(OC)c2)c(OC)c1. The number of carbonyl (C=O) groups is 3. The number of hydrazone groups is 1. The summed E-state index contributed by atoms with van der Waals surface area (Å²) in [6, 6.07) is 6.48. The molecule has 0 saturated heterocycles. The Kier molecular flexibility index (Phi) is 9.39. The van der Waals surface area contributed by atoms with Crippen molar-refractivity contribution in [3.63, 3.8) is 0 Å². The van der Waals surface area contributed by atoms with Crippen molar-refractivity contribution in [3.8, 4) is 23.0 Å². The fraction of sp³-hybridized carbons (Fsp3) is 0.280. The smallest absolute Gasteiger partial charge is 0.338 e. The normalized spacial score (nSPS) is 15.0. The molecule has 0 aromatic heterocycles. The number of carbonyl (C=O) groups excluding carboxylic acids is 3. The van der Waals surface area contributed by atoms with Gasteiger partial charge in [-0.15, -0.1) is 0 Å². The van der Waals surface area contributed by atoms with E-state index in [9.17, 15) is 19.5 Å². The lowest BCUT2D eigenvalue weighted by Gasteiger charge is -2.28. The Bertz CT molecular complexity index is 1290. The first-order chi connectivity index (χ1) is 18.2. The van der Waals surface area contributed by atoms with Crippen molar-refractivity contribution in [1.82, 2.24) is 16.1 Å². The van der Waals surface area contributed by atoms with E-state index >= 15 is 0 Å². The number of methoxy groups -OCH3 is 2. The summed E-state index contributed by atoms with van der Waals surface area (Å²) in [4.78, 5) is 36.8. The molecule has 2 aromatic rings. The molecule has 0 fully saturated rings. The molecule has 38 heavy (non-hydrogen) atoms. The number of phenols is 1. The third-order valence-corrected chi connectivity index (χ3v) is 5.61. The topological polar surface area (TPSA) is 157 Å². The van der Waals surface area contributed by atoms with Crippen molar-refractivity contribution >= 4 is 35.7 Å². The number of benzene rings is 2. The summed E-state index contributed by atoms with van der Waals surface area (Å²) < 4.78 is 21.1. The first-order valence-corrected chi connectivity index (χ1v) is 11.7. The van der Waals surface area contributed by atoms with Crippen LogP contribution in [-0.2, 0) is 14.3 Å². The van der Waals surface area contributed by atoms with Crippen LogP contribution in [-0.4, -0.2) is 56.7 Å². The van der Waals surface area contributed by atoms with Crippen LogP contribution < -0.4 is 30.3 Å². The Morgan fingerprint density at radius 2 is 1.89 bits per heavy atom. The standard InChI is InChI=1S/C25H27ClN4O8/c1-5-37-24(33)21-13(2)28-25(34)29-22(21)15-6-7-17(18(10-15)35-3)38-12-20(31)30-27-11-14-8-16(26)23(32)19(9-14)36-4/h6-11,22,32H,5,12H2,1-4H3,(H,30,31)(H2,28,29,34)/b27-11-/t22-/m1/s1. The monoisotopic (exact) mass is 546 g/mol. The van der Waals surface area contributed by atoms with Crippen LogP contribution in [0.25, 0.3) is 0 Å². The van der Waals surface area contributed by atoms with Gasteiger partial charge >= 0.3 is 12.0 Å². The molecule has 0 unspecified atom stereocenters. The van der Waals surface area contributed by atoms with Gasteiger partial charge in [-0.25, -0.2) is 15.0 Å². The molecular weight excluding hydrogens is 520 g/mol. The zero-order valence-corrected chi connectivity index (χ0v) is 21.8. The molecule has 13 heteroatoms. The third-order valence-electron chi connectivity index (χ3n) is 5.32. The lowest BCUT2D eigenvalue weighted by molar-refractivity contribution is -0.139. The molecule has 12 nitrogen and oxygen atoms in total. The minimum absolute atomic E-state index is 0.0695. The lowest BCUT2D eigenvalue weighted by atomic mass is 9.95. The number of phenolic OH excluding ortho intramolecular Hbond substituents is 1. The average molecular weight is 547 g/mol. The van der Waals surface area contributed by atoms with Crippen LogP contribution >= 0.6 is 11.6 Å². The fourth-order valence-corrected chi connectivity index (χ4v) is 3.80. The van der Waals surface area contributed by atoms with Crippen LogP contribution in [0.1, 0.15) is 31.0 Å². The van der Waals surface area contributed by atoms with E-state index in [1.807, 2.05) is 0 Å². The second-order valence-corrected chi connectivity index (χ2v) is 8.24. The third kappa shape index (κ3) is 6.65. The number of urea groups is 1. The summed E-state index contributed by atoms with van der Waals surface area (Å²) in [5, 5.41) is 19.0. The molecule has 1 aliphatic heterocycles. The number of amides is 3. The lowest BCUT2D eigenvalue weighted by Crippen LogP contribution is -2.45. The number of rotatable bonds is 10. The van der Waals surface area contributed by atoms with Gasteiger partial charge in [0.1, 0.15) is 0 Å². The number of allylic oxidation sites excluding steroid dienone is 1. The summed E-state index contributed by atoms with van der Waals surface area (Å²) in [6.45, 7) is 3.09. The number of halogens is 1. The maximum Gasteiger partial charge on any atom is 0.338 e. The summed E-state index contributed by atoms with van der Waals surface area (Å²) in [5.74, 6) is -0.629. The van der Waals surface area contributed by atoms with Crippen LogP contribution in [0, 0.1) is 0 Å². The van der Waals surface area contributed by atoms with E-state index in [-0.39, 0.29) is 46.8 Å². The highest BCUT2D eigenvalue weighted by atomic mass is 35.5. The first kappa shape index (κ1) is 28.1. The van der Waals surface area contributed by atoms with Gasteiger partial charge in [0.15, 0.2) is 29.6 Å². The number of ether oxygens (including phenoxy) is 4. The van der Waals surface area contributed by atoms with E-state index in [0.717, 1.165) is 0 Å². The van der Waals surface area contributed by atoms with Gasteiger partial charge < -0.3 is 34.7 Å². The second-order valence-electron chi connectivity index (χ2n) is 7.84. The van der Waals surface area contributed by atoms with Crippen molar-refractivity contribution in [1.29, 1.82) is 0 Å². The molecule has 1 atom stereocenters. The van der Waals surface area contributed by atoms with E-state index in [0.29, 0.717) is 16.8 Å². The van der Waals surface area contributed by atoms with Gasteiger partial charge in [-0.2, -0.15) is 5.10 Å². The minimum Gasteiger partial charge on any atom is -0.503 e. The largest absolute Gasteiger partial charge is 0.503 e. The molecule has 1 heterocycles. The molecular formula is C25H27ClN4O8. The van der Waals surface area contributed by atoms with Crippen molar-refractivity contribution in [2.75, 3.05) is 27.4 Å². The summed E-state index contributed by atoms with van der Waals surface area (Å²) in [7, 11) is 2.80. The van der Waals surface area contributed by atoms with Gasteiger partial charge in [-0.1, -0.05) is 17.7 Å². The van der Waals surface area contributed by atoms with Crippen molar-refractivity contribution in [2.45, 2.75) is 19.9 Å². The number of hydrogen-bond acceptors (Lipinski definition) is 9. The predicted octanol–water partition coefficient (Wildman–Crippen LogP) is 2.78. The molecule has 2 aromatic carbocycles. The maximum atomic E-state index is 12.5. The average Bonchev–Trinajstić information content (AvgIpc) is 2.88. The molecule has 202 valence electrons. The highest BCUT2D eigenvalue weighted by Gasteiger charge is 2.32. The predicted molar refractivity (Wildman–Crippen MR) is 138 cm³/mol. The highest BCUT2D eigenvalue weighted by molar-refractivity contribution is 6.32. The number of aromatic hydroxyl groups is 1. The maximum absolute atomic E-state index is 12.5. The Morgan fingerprint density at radius 3 is 2.58 bits per heavy atom. The first-order valence-electron chi connectivity index (χ1n) is 11.3. The van der Waals surface area contributed by atoms with Crippen LogP contribution in [0.5, 0.6) is 23.0 Å². The second kappa shape index (κ2) is 12.7. The molecule has 3 amide bonds. The van der Waals surface area contributed by atoms with E-state index in [1.54, 1.807) is 32.0 Å². The van der Waals surface area contributed by atoms with Crippen molar-refractivity contribution in [3.05, 3.63) is 57.8 Å². The molecule has 4 N–H and O–H groups in total. The van der Waals surface area contributed by atoms with Gasteiger partial charge in [0.2, 0.25) is 0 Å². The Balaban J connectivity index is 1.69. The quantitative estimate of drug-likeness (QED) is 0.201. The minimum atomic E-state index is -0.782. The van der Waals surface area contributed by atoms with E-state index < -0.39 is 23.9 Å². The number of nitrogens with one attached hydrogen (secondary N) is 3. The number of hydrogen-bond donors (Lipinski definition) is 4. The van der Waals surface area contributed by atoms with Crippen molar-refractivity contribution in [2.24, 2.45) is 5.10 Å². The molecule has 3 rings (SSSR count). The van der Waals surface area contributed by atoms with Gasteiger partial charge in [0.05, 0.1) is 43.7 Å². The summed E-state index contributed by atoms with van der Waals surface area (Å²) in [5.41, 5.74) is 3.98. The summed E-state index contributed by atoms with van der Waals surface area (Å²) >= 11 is 5.94. The number of esters is 1. The van der Waals surface area contributed by atoms with Crippen LogP contribution in [0.2, 0.25) is 5.02 Å². The summed E-state index contributed by atoms with van der Waals surface area (Å²) in [6.07, 6.45) is 1.32. The van der Waals surface area contributed by atoms with E-state index in [1.165, 1.54) is 32.6 Å². The van der Waals surface area contributed by atoms with E-state index in [2.05, 4.69) is 21.2 Å². The van der Waals surface area contributed by atoms with Crippen LogP contribution in [0.15, 0.2) is 46.7 Å². The van der Waals surface area contributed by atoms with E-state index in [4.69, 9.17) is 30.5 Å².